The van der Waals surface area contributed by atoms with Crippen molar-refractivity contribution in [2.75, 3.05) is 26.7 Å². The summed E-state index contributed by atoms with van der Waals surface area (Å²) < 4.78 is 21.6. The van der Waals surface area contributed by atoms with E-state index in [4.69, 9.17) is 24.7 Å². The Morgan fingerprint density at radius 2 is 1.91 bits per heavy atom. The summed E-state index contributed by atoms with van der Waals surface area (Å²) in [5.74, 6) is -4.20. The van der Waals surface area contributed by atoms with Crippen molar-refractivity contribution in [2.24, 2.45) is 5.73 Å². The Hall–Kier alpha value is -3.68. The van der Waals surface area contributed by atoms with Crippen molar-refractivity contribution in [1.82, 2.24) is 4.90 Å². The van der Waals surface area contributed by atoms with Crippen LogP contribution >= 0.6 is 0 Å². The molecule has 2 aliphatic heterocycles. The number of phenolic OH excluding ortho intramolecular Hbond substituents is 1. The highest BCUT2D eigenvalue weighted by molar-refractivity contribution is 5.84. The number of aliphatic carboxylic acids is 1. The van der Waals surface area contributed by atoms with Gasteiger partial charge in [0.15, 0.2) is 24.2 Å². The number of likely N-dealkylation sites (tertiary alicyclic amines) is 1. The highest BCUT2D eigenvalue weighted by atomic mass is 16.6. The zero-order valence-corrected chi connectivity index (χ0v) is 24.7. The van der Waals surface area contributed by atoms with Crippen molar-refractivity contribution in [3.05, 3.63) is 35.1 Å². The molecule has 43 heavy (non-hydrogen) atoms. The van der Waals surface area contributed by atoms with E-state index in [-0.39, 0.29) is 36.1 Å². The van der Waals surface area contributed by atoms with Crippen LogP contribution in [0.5, 0.6) is 11.5 Å². The molecular weight excluding hydrogens is 564 g/mol. The molecule has 1 spiro atoms. The fourth-order valence-electron chi connectivity index (χ4n) is 6.50. The third-order valence-electron chi connectivity index (χ3n) is 8.90. The van der Waals surface area contributed by atoms with Crippen LogP contribution in [0.4, 0.5) is 0 Å². The number of fused-ring (bicyclic) bond motifs is 1. The van der Waals surface area contributed by atoms with Crippen molar-refractivity contribution < 1.29 is 53.4 Å². The number of esters is 3. The smallest absolute Gasteiger partial charge is 0.345 e. The topological polar surface area (TPSA) is 195 Å². The minimum atomic E-state index is -1.89. The standard InChI is InChI=1S/C30H40N2O11/c1-17-8-9-19(33)26-25(17)29-12-14-32(3)18(2)30(29,39)11-10-20(27(29)43-26)41-23(35)15-21(28(37)38)42-24(36)16-40-22(34)7-5-4-6-13-31/h8-10,18,21,27,33,39H,4-7,11-16,31H2,1-3H3,(H,37,38)/t18-,21+,27+,29+,30-/m1/s1. The maximum atomic E-state index is 13.0. The number of hydrogen-bond acceptors (Lipinski definition) is 12. The number of rotatable bonds is 12. The molecule has 236 valence electrons. The lowest BCUT2D eigenvalue weighted by molar-refractivity contribution is -0.174. The lowest BCUT2D eigenvalue weighted by atomic mass is 9.54. The van der Waals surface area contributed by atoms with Crippen LogP contribution in [0.15, 0.2) is 24.0 Å². The number of piperidine rings is 1. The quantitative estimate of drug-likeness (QED) is 0.152. The number of nitrogens with two attached hydrogens (primary N) is 1. The van der Waals surface area contributed by atoms with E-state index in [0.29, 0.717) is 31.5 Å². The molecular formula is C30H40N2O11. The lowest BCUT2D eigenvalue weighted by Gasteiger charge is -2.58. The van der Waals surface area contributed by atoms with Gasteiger partial charge in [-0.05, 0) is 71.0 Å². The molecule has 2 heterocycles. The average molecular weight is 605 g/mol. The monoisotopic (exact) mass is 604 g/mol. The van der Waals surface area contributed by atoms with Crippen molar-refractivity contribution in [2.45, 2.75) is 88.1 Å². The molecule has 0 amide bonds. The first kappa shape index (κ1) is 32.2. The number of hydrogen-bond donors (Lipinski definition) is 4. The predicted molar refractivity (Wildman–Crippen MR) is 150 cm³/mol. The number of aromatic hydroxyl groups is 1. The molecule has 0 aromatic heterocycles. The summed E-state index contributed by atoms with van der Waals surface area (Å²) in [4.78, 5) is 50.8. The number of aliphatic hydroxyl groups is 1. The Balaban J connectivity index is 1.46. The van der Waals surface area contributed by atoms with Gasteiger partial charge in [0.05, 0.1) is 17.4 Å². The van der Waals surface area contributed by atoms with E-state index in [1.54, 1.807) is 12.1 Å². The molecule has 13 heteroatoms. The van der Waals surface area contributed by atoms with Crippen LogP contribution in [0.2, 0.25) is 0 Å². The van der Waals surface area contributed by atoms with Crippen molar-refractivity contribution in [1.29, 1.82) is 0 Å². The van der Waals surface area contributed by atoms with Gasteiger partial charge in [0, 0.05) is 24.4 Å². The van der Waals surface area contributed by atoms with Crippen molar-refractivity contribution in [3.63, 3.8) is 0 Å². The van der Waals surface area contributed by atoms with E-state index in [9.17, 15) is 34.5 Å². The summed E-state index contributed by atoms with van der Waals surface area (Å²) in [5, 5.41) is 32.5. The summed E-state index contributed by atoms with van der Waals surface area (Å²) in [5.41, 5.74) is 4.45. The average Bonchev–Trinajstić information content (AvgIpc) is 3.33. The second-order valence-corrected chi connectivity index (χ2v) is 11.5. The van der Waals surface area contributed by atoms with Crippen molar-refractivity contribution >= 4 is 23.9 Å². The lowest BCUT2D eigenvalue weighted by Crippen LogP contribution is -2.71. The van der Waals surface area contributed by atoms with Crippen LogP contribution in [0, 0.1) is 6.92 Å². The van der Waals surface area contributed by atoms with Gasteiger partial charge in [0.1, 0.15) is 5.76 Å². The summed E-state index contributed by atoms with van der Waals surface area (Å²) in [6, 6.07) is 2.93. The van der Waals surface area contributed by atoms with E-state index < -0.39 is 60.1 Å². The molecule has 5 atom stereocenters. The number of nitrogens with zero attached hydrogens (tertiary/aromatic N) is 1. The van der Waals surface area contributed by atoms with Crippen LogP contribution in [-0.4, -0.2) is 94.7 Å². The van der Waals surface area contributed by atoms with Gasteiger partial charge in [-0.3, -0.25) is 9.59 Å². The molecule has 1 aromatic rings. The number of ether oxygens (including phenoxy) is 4. The van der Waals surface area contributed by atoms with Crippen LogP contribution in [0.25, 0.3) is 0 Å². The number of carbonyl (C=O) groups excluding carboxylic acids is 3. The summed E-state index contributed by atoms with van der Waals surface area (Å²) in [7, 11) is 1.91. The fourth-order valence-corrected chi connectivity index (χ4v) is 6.50. The molecule has 1 saturated heterocycles. The number of likely N-dealkylation sites (N-methyl/N-ethyl adjacent to an activating group) is 1. The second-order valence-electron chi connectivity index (χ2n) is 11.5. The molecule has 3 aliphatic rings. The largest absolute Gasteiger partial charge is 0.504 e. The Kier molecular flexibility index (Phi) is 9.67. The molecule has 1 aromatic carbocycles. The molecule has 1 fully saturated rings. The van der Waals surface area contributed by atoms with Crippen molar-refractivity contribution in [3.8, 4) is 11.5 Å². The minimum Gasteiger partial charge on any atom is -0.504 e. The zero-order valence-electron chi connectivity index (χ0n) is 24.7. The number of carboxylic acid groups (broad SMARTS) is 1. The van der Waals surface area contributed by atoms with Gasteiger partial charge in [0.2, 0.25) is 6.10 Å². The third kappa shape index (κ3) is 6.06. The maximum absolute atomic E-state index is 13.0. The number of carbonyl (C=O) groups is 4. The number of aryl methyl sites for hydroxylation is 1. The molecule has 5 N–H and O–H groups in total. The van der Waals surface area contributed by atoms with Gasteiger partial charge in [-0.1, -0.05) is 12.5 Å². The Morgan fingerprint density at radius 1 is 1.16 bits per heavy atom. The third-order valence-corrected chi connectivity index (χ3v) is 8.90. The number of benzene rings is 1. The molecule has 13 nitrogen and oxygen atoms in total. The Morgan fingerprint density at radius 3 is 2.60 bits per heavy atom. The first-order valence-electron chi connectivity index (χ1n) is 14.5. The fraction of sp³-hybridized carbons (Fsp3) is 0.600. The molecule has 0 bridgehead atoms. The molecule has 0 unspecified atom stereocenters. The van der Waals surface area contributed by atoms with E-state index in [0.717, 1.165) is 18.4 Å². The number of unbranched alkanes of at least 4 members (excludes halogenated alkanes) is 2. The van der Waals surface area contributed by atoms with Gasteiger partial charge in [0.25, 0.3) is 0 Å². The Labute approximate surface area is 249 Å². The molecule has 4 rings (SSSR count). The highest BCUT2D eigenvalue weighted by Gasteiger charge is 2.69. The maximum Gasteiger partial charge on any atom is 0.345 e. The molecule has 0 saturated carbocycles. The predicted octanol–water partition coefficient (Wildman–Crippen LogP) is 1.43. The van der Waals surface area contributed by atoms with Crippen LogP contribution in [0.3, 0.4) is 0 Å². The second kappa shape index (κ2) is 12.9. The first-order valence-corrected chi connectivity index (χ1v) is 14.5. The minimum absolute atomic E-state index is 0.0699. The van der Waals surface area contributed by atoms with Gasteiger partial charge < -0.3 is 44.9 Å². The highest BCUT2D eigenvalue weighted by Crippen LogP contribution is 2.62. The van der Waals surface area contributed by atoms with Crippen LogP contribution < -0.4 is 10.5 Å². The van der Waals surface area contributed by atoms with E-state index >= 15 is 0 Å². The van der Waals surface area contributed by atoms with Gasteiger partial charge in [-0.2, -0.15) is 0 Å². The molecule has 0 radical (unpaired) electrons. The summed E-state index contributed by atoms with van der Waals surface area (Å²) >= 11 is 0. The van der Waals surface area contributed by atoms with Gasteiger partial charge in [-0.15, -0.1) is 0 Å². The number of carboxylic acids is 1. The van der Waals surface area contributed by atoms with E-state index in [2.05, 4.69) is 0 Å². The zero-order chi connectivity index (χ0) is 31.5. The van der Waals surface area contributed by atoms with Crippen LogP contribution in [0.1, 0.15) is 63.0 Å². The Bertz CT molecular complexity index is 1300. The normalized spacial score (nSPS) is 26.6. The first-order chi connectivity index (χ1) is 20.4. The van der Waals surface area contributed by atoms with E-state index in [1.807, 2.05) is 25.8 Å². The van der Waals surface area contributed by atoms with Gasteiger partial charge in [-0.25, -0.2) is 9.59 Å². The SMILES string of the molecule is Cc1ccc(O)c2c1[C@]13CCN(C)[C@H](C)[C@]1(O)CC=C(OC(=O)C[C@H](OC(=O)COC(=O)CCCCCN)C(=O)O)[C@@H]3O2. The summed E-state index contributed by atoms with van der Waals surface area (Å²) in [6.07, 6.45) is 0.467. The van der Waals surface area contributed by atoms with E-state index in [1.165, 1.54) is 6.07 Å². The van der Waals surface area contributed by atoms with Gasteiger partial charge >= 0.3 is 23.9 Å². The summed E-state index contributed by atoms with van der Waals surface area (Å²) in [6.45, 7) is 4.06. The number of phenols is 1. The van der Waals surface area contributed by atoms with Crippen LogP contribution in [-0.2, 0) is 38.8 Å². The molecule has 1 aliphatic carbocycles.